The lowest BCUT2D eigenvalue weighted by Crippen LogP contribution is -2.44. The molecule has 2 rings (SSSR count). The lowest BCUT2D eigenvalue weighted by Gasteiger charge is -2.28. The van der Waals surface area contributed by atoms with Crippen LogP contribution in [0, 0.1) is 5.92 Å². The van der Waals surface area contributed by atoms with E-state index in [0.29, 0.717) is 12.6 Å². The van der Waals surface area contributed by atoms with E-state index < -0.39 is 0 Å². The van der Waals surface area contributed by atoms with E-state index in [1.807, 2.05) is 19.2 Å². The van der Waals surface area contributed by atoms with Gasteiger partial charge in [0.25, 0.3) is 0 Å². The molecule has 0 saturated heterocycles. The third-order valence-corrected chi connectivity index (χ3v) is 4.70. The smallest absolute Gasteiger partial charge is 0.191 e. The van der Waals surface area contributed by atoms with Gasteiger partial charge in [-0.2, -0.15) is 0 Å². The molecule has 5 nitrogen and oxygen atoms in total. The van der Waals surface area contributed by atoms with Crippen LogP contribution in [0.15, 0.2) is 29.3 Å². The molecule has 1 aromatic carbocycles. The van der Waals surface area contributed by atoms with Crippen LogP contribution in [-0.4, -0.2) is 39.4 Å². The molecule has 0 aromatic heterocycles. The number of hydrogen-bond acceptors (Lipinski definition) is 3. The van der Waals surface area contributed by atoms with Crippen molar-refractivity contribution in [1.29, 1.82) is 0 Å². The van der Waals surface area contributed by atoms with Crippen molar-refractivity contribution in [2.75, 3.05) is 27.4 Å². The van der Waals surface area contributed by atoms with Crippen LogP contribution in [0.25, 0.3) is 0 Å². The Hall–Kier alpha value is -1.02. The van der Waals surface area contributed by atoms with Crippen LogP contribution in [0.2, 0.25) is 0 Å². The highest BCUT2D eigenvalue weighted by atomic mass is 127. The van der Waals surface area contributed by atoms with Gasteiger partial charge in [-0.25, -0.2) is 0 Å². The molecule has 0 spiro atoms. The topological polar surface area (TPSA) is 54.9 Å². The molecule has 0 heterocycles. The number of nitrogens with one attached hydrogen (secondary N) is 2. The second kappa shape index (κ2) is 13.2. The predicted octanol–water partition coefficient (Wildman–Crippen LogP) is 3.96. The Kier molecular flexibility index (Phi) is 11.7. The van der Waals surface area contributed by atoms with Gasteiger partial charge in [0.15, 0.2) is 5.96 Å². The van der Waals surface area contributed by atoms with Gasteiger partial charge in [0.1, 0.15) is 5.75 Å². The van der Waals surface area contributed by atoms with Crippen molar-refractivity contribution in [3.63, 3.8) is 0 Å². The molecular weight excluding hydrogens is 441 g/mol. The molecule has 6 heteroatoms. The molecule has 0 aliphatic heterocycles. The molecule has 148 valence electrons. The first-order chi connectivity index (χ1) is 12.2. The molecular formula is C20H34IN3O2. The predicted molar refractivity (Wildman–Crippen MR) is 119 cm³/mol. The Bertz CT molecular complexity index is 532. The molecule has 1 aliphatic carbocycles. The molecule has 1 aromatic rings. The fourth-order valence-electron chi connectivity index (χ4n) is 3.12. The van der Waals surface area contributed by atoms with Gasteiger partial charge in [0.2, 0.25) is 0 Å². The Balaban J connectivity index is 0.00000338. The number of rotatable bonds is 8. The maximum atomic E-state index is 5.76. The van der Waals surface area contributed by atoms with Crippen LogP contribution >= 0.6 is 24.0 Å². The zero-order valence-electron chi connectivity index (χ0n) is 16.3. The first kappa shape index (κ1) is 23.0. The first-order valence-corrected chi connectivity index (χ1v) is 9.39. The third kappa shape index (κ3) is 8.58. The van der Waals surface area contributed by atoms with Crippen molar-refractivity contribution in [3.05, 3.63) is 29.8 Å². The number of nitrogens with zero attached hydrogens (tertiary/aromatic N) is 1. The summed E-state index contributed by atoms with van der Waals surface area (Å²) >= 11 is 0. The molecule has 1 saturated carbocycles. The lowest BCUT2D eigenvalue weighted by atomic mass is 9.87. The zero-order chi connectivity index (χ0) is 17.9. The molecule has 2 N–H and O–H groups in total. The fourth-order valence-corrected chi connectivity index (χ4v) is 3.12. The molecule has 26 heavy (non-hydrogen) atoms. The number of ether oxygens (including phenoxy) is 2. The van der Waals surface area contributed by atoms with Gasteiger partial charge in [0.05, 0.1) is 6.61 Å². The summed E-state index contributed by atoms with van der Waals surface area (Å²) in [6.07, 6.45) is 5.96. The van der Waals surface area contributed by atoms with E-state index in [1.54, 1.807) is 7.11 Å². The molecule has 0 unspecified atom stereocenters. The Morgan fingerprint density at radius 3 is 2.65 bits per heavy atom. The first-order valence-electron chi connectivity index (χ1n) is 9.39. The Morgan fingerprint density at radius 2 is 1.96 bits per heavy atom. The monoisotopic (exact) mass is 475 g/mol. The average molecular weight is 475 g/mol. The van der Waals surface area contributed by atoms with E-state index >= 15 is 0 Å². The Morgan fingerprint density at radius 1 is 1.19 bits per heavy atom. The highest BCUT2D eigenvalue weighted by Crippen LogP contribution is 2.23. The van der Waals surface area contributed by atoms with Crippen LogP contribution in [0.4, 0.5) is 0 Å². The van der Waals surface area contributed by atoms with E-state index in [1.165, 1.54) is 31.2 Å². The summed E-state index contributed by atoms with van der Waals surface area (Å²) in [5.74, 6) is 2.64. The van der Waals surface area contributed by atoms with E-state index in [-0.39, 0.29) is 24.0 Å². The zero-order valence-corrected chi connectivity index (χ0v) is 18.6. The summed E-state index contributed by atoms with van der Waals surface area (Å²) < 4.78 is 10.8. The highest BCUT2D eigenvalue weighted by molar-refractivity contribution is 14.0. The quantitative estimate of drug-likeness (QED) is 0.259. The van der Waals surface area contributed by atoms with Crippen LogP contribution < -0.4 is 15.4 Å². The van der Waals surface area contributed by atoms with E-state index in [4.69, 9.17) is 9.47 Å². The largest absolute Gasteiger partial charge is 0.493 e. The molecule has 0 amide bonds. The standard InChI is InChI=1S/C20H33N3O2.HI/c1-16-8-10-18(11-9-16)23-20(21-2)22-15-17-6-4-7-19(14-17)25-13-5-12-24-3;/h4,6-7,14,16,18H,5,8-13,15H2,1-3H3,(H2,21,22,23);1H. The van der Waals surface area contributed by atoms with Crippen LogP contribution in [-0.2, 0) is 11.3 Å². The maximum Gasteiger partial charge on any atom is 0.191 e. The number of guanidine groups is 1. The second-order valence-corrected chi connectivity index (χ2v) is 6.87. The van der Waals surface area contributed by atoms with Gasteiger partial charge in [-0.15, -0.1) is 24.0 Å². The van der Waals surface area contributed by atoms with Crippen molar-refractivity contribution < 1.29 is 9.47 Å². The van der Waals surface area contributed by atoms with Gasteiger partial charge >= 0.3 is 0 Å². The minimum absolute atomic E-state index is 0. The number of hydrogen-bond donors (Lipinski definition) is 2. The lowest BCUT2D eigenvalue weighted by molar-refractivity contribution is 0.172. The second-order valence-electron chi connectivity index (χ2n) is 6.87. The summed E-state index contributed by atoms with van der Waals surface area (Å²) in [4.78, 5) is 4.36. The summed E-state index contributed by atoms with van der Waals surface area (Å²) in [6.45, 7) is 4.48. The summed E-state index contributed by atoms with van der Waals surface area (Å²) in [5, 5.41) is 6.96. The normalized spacial score (nSPS) is 20.2. The van der Waals surface area contributed by atoms with Crippen LogP contribution in [0.3, 0.4) is 0 Å². The van der Waals surface area contributed by atoms with E-state index in [0.717, 1.165) is 37.2 Å². The van der Waals surface area contributed by atoms with Crippen molar-refractivity contribution in [3.8, 4) is 5.75 Å². The Labute approximate surface area is 175 Å². The van der Waals surface area contributed by atoms with Gasteiger partial charge in [-0.3, -0.25) is 4.99 Å². The fraction of sp³-hybridized carbons (Fsp3) is 0.650. The number of aliphatic imine (C=N–C) groups is 1. The molecule has 1 fully saturated rings. The number of methoxy groups -OCH3 is 1. The minimum atomic E-state index is 0. The average Bonchev–Trinajstić information content (AvgIpc) is 2.64. The van der Waals surface area contributed by atoms with Crippen LogP contribution in [0.5, 0.6) is 5.75 Å². The van der Waals surface area contributed by atoms with Crippen molar-refractivity contribution >= 4 is 29.9 Å². The molecule has 0 bridgehead atoms. The van der Waals surface area contributed by atoms with Crippen LogP contribution in [0.1, 0.15) is 44.6 Å². The SMILES string of the molecule is CN=C(NCc1cccc(OCCCOC)c1)NC1CCC(C)CC1.I. The van der Waals surface area contributed by atoms with Crippen molar-refractivity contribution in [2.45, 2.75) is 51.6 Å². The summed E-state index contributed by atoms with van der Waals surface area (Å²) in [6, 6.07) is 8.74. The van der Waals surface area contributed by atoms with E-state index in [2.05, 4.69) is 34.7 Å². The third-order valence-electron chi connectivity index (χ3n) is 4.70. The maximum absolute atomic E-state index is 5.76. The minimum Gasteiger partial charge on any atom is -0.493 e. The number of benzene rings is 1. The molecule has 1 aliphatic rings. The molecule has 0 atom stereocenters. The van der Waals surface area contributed by atoms with Gasteiger partial charge in [-0.05, 0) is 49.3 Å². The summed E-state index contributed by atoms with van der Waals surface area (Å²) in [7, 11) is 3.54. The molecule has 0 radical (unpaired) electrons. The van der Waals surface area contributed by atoms with Crippen molar-refractivity contribution in [2.24, 2.45) is 10.9 Å². The van der Waals surface area contributed by atoms with Gasteiger partial charge in [0, 0.05) is 39.8 Å². The van der Waals surface area contributed by atoms with Gasteiger partial charge in [-0.1, -0.05) is 19.1 Å². The number of halogens is 1. The van der Waals surface area contributed by atoms with Gasteiger partial charge < -0.3 is 20.1 Å². The summed E-state index contributed by atoms with van der Waals surface area (Å²) in [5.41, 5.74) is 1.18. The highest BCUT2D eigenvalue weighted by Gasteiger charge is 2.18. The van der Waals surface area contributed by atoms with Crippen molar-refractivity contribution in [1.82, 2.24) is 10.6 Å². The van der Waals surface area contributed by atoms with E-state index in [9.17, 15) is 0 Å².